The Morgan fingerprint density at radius 2 is 1.87 bits per heavy atom. The second-order valence-electron chi connectivity index (χ2n) is 8.71. The molecule has 0 saturated heterocycles. The summed E-state index contributed by atoms with van der Waals surface area (Å²) in [5, 5.41) is 2.67. The Morgan fingerprint density at radius 3 is 2.42 bits per heavy atom. The molecule has 2 amide bonds. The molecule has 0 atom stereocenters. The summed E-state index contributed by atoms with van der Waals surface area (Å²) in [6.07, 6.45) is 9.50. The Bertz CT molecular complexity index is 764. The number of ketones is 1. The van der Waals surface area contributed by atoms with Crippen LogP contribution in [-0.4, -0.2) is 39.5 Å². The molecule has 1 aromatic heterocycles. The van der Waals surface area contributed by atoms with Crippen LogP contribution in [0, 0.1) is 5.92 Å². The van der Waals surface area contributed by atoms with Gasteiger partial charge in [0.2, 0.25) is 5.91 Å². The van der Waals surface area contributed by atoms with Gasteiger partial charge in [-0.25, -0.2) is 9.78 Å². The minimum absolute atomic E-state index is 0.000187. The van der Waals surface area contributed by atoms with Crippen LogP contribution < -0.4 is 16.6 Å². The van der Waals surface area contributed by atoms with E-state index in [1.165, 1.54) is 36.0 Å². The third-order valence-corrected chi connectivity index (χ3v) is 4.70. The highest BCUT2D eigenvalue weighted by atomic mass is 16.6. The van der Waals surface area contributed by atoms with Gasteiger partial charge in [0, 0.05) is 31.1 Å². The maximum absolute atomic E-state index is 11.8. The molecule has 0 radical (unpaired) electrons. The first-order valence-corrected chi connectivity index (χ1v) is 10.9. The lowest BCUT2D eigenvalue weighted by atomic mass is 10.1. The molecule has 9 heteroatoms. The van der Waals surface area contributed by atoms with Crippen molar-refractivity contribution in [3.8, 4) is 0 Å². The van der Waals surface area contributed by atoms with Crippen LogP contribution in [0.4, 0.5) is 4.79 Å². The van der Waals surface area contributed by atoms with E-state index in [1.54, 1.807) is 0 Å². The third-order valence-electron chi connectivity index (χ3n) is 4.70. The summed E-state index contributed by atoms with van der Waals surface area (Å²) < 4.78 is 6.42. The van der Waals surface area contributed by atoms with Crippen LogP contribution in [0.1, 0.15) is 72.1 Å². The lowest BCUT2D eigenvalue weighted by molar-refractivity contribution is -0.121. The van der Waals surface area contributed by atoms with Crippen LogP contribution >= 0.6 is 0 Å². The molecule has 3 N–H and O–H groups in total. The number of carbonyl (C=O) groups is 3. The number of nitrogens with two attached hydrogens (primary N) is 1. The molecule has 0 aliphatic heterocycles. The molecular weight excluding hydrogens is 400 g/mol. The number of hydrogen-bond donors (Lipinski definition) is 2. The van der Waals surface area contributed by atoms with Crippen LogP contribution in [0.25, 0.3) is 0 Å². The molecule has 0 spiro atoms. The van der Waals surface area contributed by atoms with Crippen molar-refractivity contribution < 1.29 is 19.1 Å². The van der Waals surface area contributed by atoms with Crippen LogP contribution in [0.5, 0.6) is 0 Å². The molecule has 1 aliphatic carbocycles. The van der Waals surface area contributed by atoms with E-state index in [0.717, 1.165) is 32.1 Å². The highest BCUT2D eigenvalue weighted by molar-refractivity contribution is 5.78. The van der Waals surface area contributed by atoms with E-state index in [-0.39, 0.29) is 29.7 Å². The van der Waals surface area contributed by atoms with Gasteiger partial charge in [-0.2, -0.15) is 0 Å². The number of amides is 2. The lowest BCUT2D eigenvalue weighted by Crippen LogP contribution is -2.33. The van der Waals surface area contributed by atoms with Crippen molar-refractivity contribution in [1.29, 1.82) is 0 Å². The molecule has 1 heterocycles. The SMILES string of the molecule is CC(C)(C)OC(=O)NCCCCCC(=O)Cn1cnccc1=O.NC(=O)C1CCCC1. The van der Waals surface area contributed by atoms with Crippen LogP contribution in [0.2, 0.25) is 0 Å². The number of carbonyl (C=O) groups excluding carboxylic acids is 3. The fourth-order valence-corrected chi connectivity index (χ4v) is 3.11. The van der Waals surface area contributed by atoms with Gasteiger partial charge in [0.05, 0.1) is 12.9 Å². The minimum Gasteiger partial charge on any atom is -0.444 e. The first-order chi connectivity index (χ1) is 14.6. The summed E-state index contributed by atoms with van der Waals surface area (Å²) in [5.41, 5.74) is 4.33. The Kier molecular flexibility index (Phi) is 11.5. The van der Waals surface area contributed by atoms with Crippen molar-refractivity contribution in [2.75, 3.05) is 6.54 Å². The molecule has 0 aromatic carbocycles. The third kappa shape index (κ3) is 12.6. The van der Waals surface area contributed by atoms with Crippen molar-refractivity contribution in [1.82, 2.24) is 14.9 Å². The Labute approximate surface area is 183 Å². The summed E-state index contributed by atoms with van der Waals surface area (Å²) in [4.78, 5) is 48.9. The summed E-state index contributed by atoms with van der Waals surface area (Å²) in [6.45, 7) is 6.01. The molecule has 9 nitrogen and oxygen atoms in total. The largest absolute Gasteiger partial charge is 0.444 e. The van der Waals surface area contributed by atoms with E-state index in [2.05, 4.69) is 10.3 Å². The first-order valence-electron chi connectivity index (χ1n) is 10.9. The molecule has 31 heavy (non-hydrogen) atoms. The van der Waals surface area contributed by atoms with Crippen LogP contribution in [-0.2, 0) is 20.9 Å². The number of Topliss-reactive ketones (excluding diaryl/α,β-unsaturated/α-hetero) is 1. The zero-order valence-corrected chi connectivity index (χ0v) is 18.9. The van der Waals surface area contributed by atoms with E-state index in [9.17, 15) is 19.2 Å². The molecule has 0 unspecified atom stereocenters. The number of nitrogens with zero attached hydrogens (tertiary/aromatic N) is 2. The summed E-state index contributed by atoms with van der Waals surface area (Å²) in [6, 6.07) is 1.33. The molecule has 0 bridgehead atoms. The van der Waals surface area contributed by atoms with E-state index < -0.39 is 11.7 Å². The fourth-order valence-electron chi connectivity index (χ4n) is 3.11. The second kappa shape index (κ2) is 13.6. The molecule has 2 rings (SSSR count). The van der Waals surface area contributed by atoms with Gasteiger partial charge in [-0.05, 0) is 46.5 Å². The molecular formula is C22H36N4O5. The van der Waals surface area contributed by atoms with Gasteiger partial charge >= 0.3 is 6.09 Å². The molecule has 174 valence electrons. The number of ether oxygens (including phenoxy) is 1. The quantitative estimate of drug-likeness (QED) is 0.572. The zero-order chi connectivity index (χ0) is 23.3. The molecule has 1 aliphatic rings. The predicted octanol–water partition coefficient (Wildman–Crippen LogP) is 2.56. The number of unbranched alkanes of at least 4 members (excludes halogenated alkanes) is 2. The maximum Gasteiger partial charge on any atom is 0.407 e. The second-order valence-corrected chi connectivity index (χ2v) is 8.71. The molecule has 1 aromatic rings. The first kappa shape index (κ1) is 26.3. The number of alkyl carbamates (subject to hydrolysis) is 1. The topological polar surface area (TPSA) is 133 Å². The summed E-state index contributed by atoms with van der Waals surface area (Å²) >= 11 is 0. The fraction of sp³-hybridized carbons (Fsp3) is 0.682. The van der Waals surface area contributed by atoms with E-state index in [1.807, 2.05) is 20.8 Å². The van der Waals surface area contributed by atoms with Gasteiger partial charge in [-0.1, -0.05) is 19.3 Å². The number of hydrogen-bond acceptors (Lipinski definition) is 6. The number of primary amides is 1. The minimum atomic E-state index is -0.499. The van der Waals surface area contributed by atoms with Gasteiger partial charge in [-0.3, -0.25) is 19.0 Å². The normalized spacial score (nSPS) is 13.8. The number of nitrogens with one attached hydrogen (secondary N) is 1. The standard InChI is InChI=1S/C16H25N3O4.C6H11NO/c1-16(2,3)23-15(22)18-9-6-4-5-7-13(20)11-19-12-17-10-8-14(19)21;7-6(8)5-3-1-2-4-5/h8,10,12H,4-7,9,11H2,1-3H3,(H,18,22);5H,1-4H2,(H2,7,8). The van der Waals surface area contributed by atoms with Gasteiger partial charge in [0.15, 0.2) is 5.78 Å². The highest BCUT2D eigenvalue weighted by Crippen LogP contribution is 2.23. The average Bonchev–Trinajstić information content (AvgIpc) is 3.21. The average molecular weight is 437 g/mol. The van der Waals surface area contributed by atoms with Crippen molar-refractivity contribution in [3.05, 3.63) is 28.9 Å². The monoisotopic (exact) mass is 436 g/mol. The predicted molar refractivity (Wildman–Crippen MR) is 117 cm³/mol. The summed E-state index contributed by atoms with van der Waals surface area (Å²) in [5.74, 6) is 0.0951. The van der Waals surface area contributed by atoms with Gasteiger partial charge in [-0.15, -0.1) is 0 Å². The summed E-state index contributed by atoms with van der Waals surface area (Å²) in [7, 11) is 0. The van der Waals surface area contributed by atoms with Gasteiger partial charge < -0.3 is 15.8 Å². The Balaban J connectivity index is 0.000000500. The maximum atomic E-state index is 11.8. The number of aromatic nitrogens is 2. The van der Waals surface area contributed by atoms with E-state index >= 15 is 0 Å². The highest BCUT2D eigenvalue weighted by Gasteiger charge is 2.19. The van der Waals surface area contributed by atoms with E-state index in [0.29, 0.717) is 13.0 Å². The smallest absolute Gasteiger partial charge is 0.407 e. The van der Waals surface area contributed by atoms with Gasteiger partial charge in [0.25, 0.3) is 5.56 Å². The van der Waals surface area contributed by atoms with E-state index in [4.69, 9.17) is 10.5 Å². The Morgan fingerprint density at radius 1 is 1.19 bits per heavy atom. The van der Waals surface area contributed by atoms with Crippen molar-refractivity contribution in [3.63, 3.8) is 0 Å². The van der Waals surface area contributed by atoms with Crippen molar-refractivity contribution in [2.45, 2.75) is 84.3 Å². The lowest BCUT2D eigenvalue weighted by Gasteiger charge is -2.19. The van der Waals surface area contributed by atoms with Crippen molar-refractivity contribution in [2.24, 2.45) is 11.7 Å². The van der Waals surface area contributed by atoms with Gasteiger partial charge in [0.1, 0.15) is 5.60 Å². The molecule has 1 saturated carbocycles. The van der Waals surface area contributed by atoms with Crippen LogP contribution in [0.3, 0.4) is 0 Å². The van der Waals surface area contributed by atoms with Crippen LogP contribution in [0.15, 0.2) is 23.4 Å². The molecule has 1 fully saturated rings. The Hall–Kier alpha value is -2.71. The zero-order valence-electron chi connectivity index (χ0n) is 18.9. The number of rotatable bonds is 9. The van der Waals surface area contributed by atoms with Crippen molar-refractivity contribution >= 4 is 17.8 Å².